The molecule has 1 rings (SSSR count). The van der Waals surface area contributed by atoms with Crippen molar-refractivity contribution in [1.82, 2.24) is 5.32 Å². The largest absolute Gasteiger partial charge is 0.353 e. The van der Waals surface area contributed by atoms with Crippen LogP contribution in [0.25, 0.3) is 0 Å². The van der Waals surface area contributed by atoms with Crippen molar-refractivity contribution >= 4 is 17.7 Å². The number of nitrogens with two attached hydrogens (primary N) is 1. The van der Waals surface area contributed by atoms with E-state index in [-0.39, 0.29) is 5.91 Å². The molecule has 0 aromatic heterocycles. The predicted molar refractivity (Wildman–Crippen MR) is 52.1 cm³/mol. The molecule has 1 saturated carbocycles. The Morgan fingerprint density at radius 3 is 2.75 bits per heavy atom. The molecule has 1 amide bonds. The number of hydrogen-bond acceptors (Lipinski definition) is 3. The maximum Gasteiger partial charge on any atom is 0.240 e. The summed E-state index contributed by atoms with van der Waals surface area (Å²) >= 11 is 1.74. The minimum atomic E-state index is -0.516. The van der Waals surface area contributed by atoms with Gasteiger partial charge in [-0.15, -0.1) is 0 Å². The Hall–Kier alpha value is -0.220. The number of carbonyl (C=O) groups is 1. The molecule has 1 atom stereocenters. The van der Waals surface area contributed by atoms with Gasteiger partial charge in [0.15, 0.2) is 0 Å². The van der Waals surface area contributed by atoms with Crippen molar-refractivity contribution in [3.8, 4) is 0 Å². The van der Waals surface area contributed by atoms with Gasteiger partial charge in [0.25, 0.3) is 0 Å². The fraction of sp³-hybridized carbons (Fsp3) is 0.875. The summed E-state index contributed by atoms with van der Waals surface area (Å²) in [5, 5.41) is 3.32. The number of thioether (sulfide) groups is 1. The molecule has 0 aromatic rings. The van der Waals surface area contributed by atoms with Gasteiger partial charge in [0, 0.05) is 11.8 Å². The first-order valence-corrected chi connectivity index (χ1v) is 5.47. The monoisotopic (exact) mass is 188 g/mol. The second-order valence-corrected chi connectivity index (χ2v) is 4.69. The molecule has 0 bridgehead atoms. The third-order valence-corrected chi connectivity index (χ3v) is 3.16. The van der Waals surface area contributed by atoms with Crippen LogP contribution in [0.15, 0.2) is 0 Å². The Bertz CT molecular complexity index is 180. The minimum Gasteiger partial charge on any atom is -0.353 e. The standard InChI is InChI=1S/C8H16N2OS/c1-6(12-2)5-10-7(11)8(9)3-4-8/h6H,3-5,9H2,1-2H3,(H,10,11). The summed E-state index contributed by atoms with van der Waals surface area (Å²) in [6.07, 6.45) is 3.71. The fourth-order valence-corrected chi connectivity index (χ4v) is 1.11. The van der Waals surface area contributed by atoms with E-state index >= 15 is 0 Å². The molecule has 1 unspecified atom stereocenters. The molecular formula is C8H16N2OS. The number of rotatable bonds is 4. The van der Waals surface area contributed by atoms with Crippen LogP contribution in [0, 0.1) is 0 Å². The summed E-state index contributed by atoms with van der Waals surface area (Å²) in [6, 6.07) is 0. The fourth-order valence-electron chi connectivity index (χ4n) is 0.858. The van der Waals surface area contributed by atoms with Crippen LogP contribution >= 0.6 is 11.8 Å². The summed E-state index contributed by atoms with van der Waals surface area (Å²) in [6.45, 7) is 2.81. The quantitative estimate of drug-likeness (QED) is 0.669. The Kier molecular flexibility index (Phi) is 3.01. The van der Waals surface area contributed by atoms with Crippen LogP contribution < -0.4 is 11.1 Å². The van der Waals surface area contributed by atoms with Crippen molar-refractivity contribution in [2.24, 2.45) is 5.73 Å². The van der Waals surface area contributed by atoms with E-state index in [1.54, 1.807) is 11.8 Å². The van der Waals surface area contributed by atoms with Gasteiger partial charge in [-0.1, -0.05) is 6.92 Å². The summed E-state index contributed by atoms with van der Waals surface area (Å²) < 4.78 is 0. The molecule has 70 valence electrons. The van der Waals surface area contributed by atoms with Gasteiger partial charge in [-0.25, -0.2) is 0 Å². The number of nitrogens with one attached hydrogen (secondary N) is 1. The van der Waals surface area contributed by atoms with E-state index in [0.717, 1.165) is 19.4 Å². The first-order chi connectivity index (χ1) is 5.58. The molecule has 3 nitrogen and oxygen atoms in total. The van der Waals surface area contributed by atoms with E-state index in [9.17, 15) is 4.79 Å². The molecule has 0 spiro atoms. The molecule has 0 radical (unpaired) electrons. The molecule has 1 aliphatic carbocycles. The van der Waals surface area contributed by atoms with Crippen molar-refractivity contribution in [2.75, 3.05) is 12.8 Å². The van der Waals surface area contributed by atoms with Crippen molar-refractivity contribution < 1.29 is 4.79 Å². The van der Waals surface area contributed by atoms with Crippen molar-refractivity contribution in [3.63, 3.8) is 0 Å². The van der Waals surface area contributed by atoms with E-state index < -0.39 is 5.54 Å². The lowest BCUT2D eigenvalue weighted by molar-refractivity contribution is -0.123. The lowest BCUT2D eigenvalue weighted by Gasteiger charge is -2.12. The van der Waals surface area contributed by atoms with E-state index in [1.165, 1.54) is 0 Å². The van der Waals surface area contributed by atoms with E-state index in [2.05, 4.69) is 12.2 Å². The first kappa shape index (κ1) is 9.86. The Labute approximate surface area is 77.5 Å². The van der Waals surface area contributed by atoms with Crippen LogP contribution in [0.4, 0.5) is 0 Å². The van der Waals surface area contributed by atoms with Crippen LogP contribution in [0.3, 0.4) is 0 Å². The van der Waals surface area contributed by atoms with Crippen LogP contribution in [0.5, 0.6) is 0 Å². The van der Waals surface area contributed by atoms with Gasteiger partial charge in [0.1, 0.15) is 0 Å². The van der Waals surface area contributed by atoms with Gasteiger partial charge in [-0.2, -0.15) is 11.8 Å². The summed E-state index contributed by atoms with van der Waals surface area (Å²) in [5.74, 6) is 0.0170. The van der Waals surface area contributed by atoms with E-state index in [4.69, 9.17) is 5.73 Å². The van der Waals surface area contributed by atoms with Crippen molar-refractivity contribution in [2.45, 2.75) is 30.6 Å². The molecule has 3 N–H and O–H groups in total. The average molecular weight is 188 g/mol. The Morgan fingerprint density at radius 1 is 1.75 bits per heavy atom. The predicted octanol–water partition coefficient (Wildman–Crippen LogP) is 0.345. The maximum atomic E-state index is 11.3. The van der Waals surface area contributed by atoms with Crippen molar-refractivity contribution in [3.05, 3.63) is 0 Å². The second-order valence-electron chi connectivity index (χ2n) is 3.41. The number of carbonyl (C=O) groups excluding carboxylic acids is 1. The molecule has 0 heterocycles. The van der Waals surface area contributed by atoms with E-state index in [0.29, 0.717) is 5.25 Å². The Balaban J connectivity index is 2.19. The van der Waals surface area contributed by atoms with Gasteiger partial charge in [0.05, 0.1) is 5.54 Å². The highest BCUT2D eigenvalue weighted by Gasteiger charge is 2.45. The molecule has 12 heavy (non-hydrogen) atoms. The first-order valence-electron chi connectivity index (χ1n) is 4.18. The lowest BCUT2D eigenvalue weighted by atomic mass is 10.3. The molecule has 0 saturated heterocycles. The van der Waals surface area contributed by atoms with Crippen LogP contribution in [0.2, 0.25) is 0 Å². The summed E-state index contributed by atoms with van der Waals surface area (Å²) in [7, 11) is 0. The Morgan fingerprint density at radius 2 is 2.33 bits per heavy atom. The average Bonchev–Trinajstić information content (AvgIpc) is 2.80. The highest BCUT2D eigenvalue weighted by molar-refractivity contribution is 7.99. The van der Waals surface area contributed by atoms with Crippen LogP contribution in [-0.2, 0) is 4.79 Å². The van der Waals surface area contributed by atoms with E-state index in [1.807, 2.05) is 6.26 Å². The third kappa shape index (κ3) is 2.38. The summed E-state index contributed by atoms with van der Waals surface area (Å²) in [4.78, 5) is 11.3. The molecular weight excluding hydrogens is 172 g/mol. The third-order valence-electron chi connectivity index (χ3n) is 2.19. The van der Waals surface area contributed by atoms with Crippen molar-refractivity contribution in [1.29, 1.82) is 0 Å². The minimum absolute atomic E-state index is 0.0170. The molecule has 0 aliphatic heterocycles. The SMILES string of the molecule is CSC(C)CNC(=O)C1(N)CC1. The van der Waals surface area contributed by atoms with Crippen LogP contribution in [-0.4, -0.2) is 29.5 Å². The number of amides is 1. The molecule has 1 aliphatic rings. The molecule has 4 heteroatoms. The molecule has 0 aromatic carbocycles. The van der Waals surface area contributed by atoms with Crippen LogP contribution in [0.1, 0.15) is 19.8 Å². The summed E-state index contributed by atoms with van der Waals surface area (Å²) in [5.41, 5.74) is 5.18. The zero-order valence-corrected chi connectivity index (χ0v) is 8.41. The van der Waals surface area contributed by atoms with Gasteiger partial charge < -0.3 is 11.1 Å². The van der Waals surface area contributed by atoms with Gasteiger partial charge in [-0.05, 0) is 19.1 Å². The zero-order valence-electron chi connectivity index (χ0n) is 7.59. The smallest absolute Gasteiger partial charge is 0.240 e. The highest BCUT2D eigenvalue weighted by Crippen LogP contribution is 2.32. The topological polar surface area (TPSA) is 55.1 Å². The lowest BCUT2D eigenvalue weighted by Crippen LogP contribution is -2.44. The highest BCUT2D eigenvalue weighted by atomic mass is 32.2. The molecule has 1 fully saturated rings. The second kappa shape index (κ2) is 3.66. The maximum absolute atomic E-state index is 11.3. The van der Waals surface area contributed by atoms with Gasteiger partial charge in [-0.3, -0.25) is 4.79 Å². The normalized spacial score (nSPS) is 21.6. The zero-order chi connectivity index (χ0) is 9.19. The van der Waals surface area contributed by atoms with Gasteiger partial charge in [0.2, 0.25) is 5.91 Å². The van der Waals surface area contributed by atoms with Gasteiger partial charge >= 0.3 is 0 Å². The number of hydrogen-bond donors (Lipinski definition) is 2.